The van der Waals surface area contributed by atoms with Crippen LogP contribution < -0.4 is 10.2 Å². The molecule has 0 unspecified atom stereocenters. The first kappa shape index (κ1) is 19.7. The average molecular weight is 390 g/mol. The summed E-state index contributed by atoms with van der Waals surface area (Å²) >= 11 is 1.42. The van der Waals surface area contributed by atoms with Gasteiger partial charge in [-0.25, -0.2) is 0 Å². The molecule has 1 N–H and O–H groups in total. The van der Waals surface area contributed by atoms with Crippen LogP contribution in [0.25, 0.3) is 5.69 Å². The second-order valence-electron chi connectivity index (χ2n) is 6.34. The Bertz CT molecular complexity index is 758. The second kappa shape index (κ2) is 9.75. The van der Waals surface area contributed by atoms with Gasteiger partial charge in [0.2, 0.25) is 11.9 Å². The number of rotatable bonds is 8. The van der Waals surface area contributed by atoms with Gasteiger partial charge in [-0.05, 0) is 24.5 Å². The van der Waals surface area contributed by atoms with Crippen molar-refractivity contribution in [2.75, 3.05) is 43.5 Å². The van der Waals surface area contributed by atoms with Gasteiger partial charge in [0.25, 0.3) is 0 Å². The van der Waals surface area contributed by atoms with Gasteiger partial charge >= 0.3 is 0 Å². The molecular formula is C19H27N5O2S. The highest BCUT2D eigenvalue weighted by Crippen LogP contribution is 2.29. The van der Waals surface area contributed by atoms with E-state index in [0.29, 0.717) is 25.5 Å². The summed E-state index contributed by atoms with van der Waals surface area (Å²) < 4.78 is 7.56. The van der Waals surface area contributed by atoms with Crippen LogP contribution >= 0.6 is 11.8 Å². The molecule has 3 rings (SSSR count). The maximum atomic E-state index is 12.0. The van der Waals surface area contributed by atoms with Crippen LogP contribution in [0, 0.1) is 0 Å². The zero-order valence-electron chi connectivity index (χ0n) is 16.0. The molecule has 0 aliphatic carbocycles. The molecule has 7 nitrogen and oxygen atoms in total. The minimum atomic E-state index is 0.0214. The van der Waals surface area contributed by atoms with Gasteiger partial charge < -0.3 is 15.0 Å². The van der Waals surface area contributed by atoms with Gasteiger partial charge in [0.05, 0.1) is 24.7 Å². The molecule has 1 aromatic carbocycles. The summed E-state index contributed by atoms with van der Waals surface area (Å²) in [5.74, 6) is 1.17. The number of ether oxygens (including phenoxy) is 1. The quantitative estimate of drug-likeness (QED) is 0.699. The maximum Gasteiger partial charge on any atom is 0.232 e. The van der Waals surface area contributed by atoms with Gasteiger partial charge in [-0.3, -0.25) is 9.36 Å². The van der Waals surface area contributed by atoms with E-state index in [-0.39, 0.29) is 5.91 Å². The van der Waals surface area contributed by atoms with E-state index in [1.54, 1.807) is 0 Å². The molecule has 1 aliphatic heterocycles. The summed E-state index contributed by atoms with van der Waals surface area (Å²) in [6, 6.07) is 8.29. The van der Waals surface area contributed by atoms with E-state index >= 15 is 0 Å². The molecule has 2 aromatic rings. The Kier molecular flexibility index (Phi) is 7.11. The fraction of sp³-hybridized carbons (Fsp3) is 0.526. The Morgan fingerprint density at radius 3 is 2.74 bits per heavy atom. The highest BCUT2D eigenvalue weighted by atomic mass is 32.2. The lowest BCUT2D eigenvalue weighted by Crippen LogP contribution is -2.38. The minimum absolute atomic E-state index is 0.0214. The normalized spacial score (nSPS) is 14.4. The predicted molar refractivity (Wildman–Crippen MR) is 108 cm³/mol. The summed E-state index contributed by atoms with van der Waals surface area (Å²) in [7, 11) is 0. The Morgan fingerprint density at radius 2 is 2.00 bits per heavy atom. The molecule has 1 amide bonds. The molecule has 27 heavy (non-hydrogen) atoms. The van der Waals surface area contributed by atoms with Gasteiger partial charge in [-0.1, -0.05) is 43.8 Å². The van der Waals surface area contributed by atoms with Gasteiger partial charge in [0.1, 0.15) is 0 Å². The van der Waals surface area contributed by atoms with Crippen LogP contribution in [0.4, 0.5) is 5.95 Å². The number of nitrogens with one attached hydrogen (secondary N) is 1. The summed E-state index contributed by atoms with van der Waals surface area (Å²) in [6.07, 6.45) is 1.84. The van der Waals surface area contributed by atoms with Crippen molar-refractivity contribution in [3.05, 3.63) is 29.8 Å². The Hall–Kier alpha value is -2.06. The van der Waals surface area contributed by atoms with Crippen molar-refractivity contribution in [1.82, 2.24) is 20.1 Å². The van der Waals surface area contributed by atoms with E-state index in [9.17, 15) is 4.79 Å². The summed E-state index contributed by atoms with van der Waals surface area (Å²) in [4.78, 5) is 14.2. The van der Waals surface area contributed by atoms with E-state index in [0.717, 1.165) is 42.7 Å². The number of carbonyl (C=O) groups is 1. The molecule has 146 valence electrons. The molecule has 2 heterocycles. The van der Waals surface area contributed by atoms with E-state index in [4.69, 9.17) is 4.74 Å². The van der Waals surface area contributed by atoms with Crippen molar-refractivity contribution in [3.8, 4) is 5.69 Å². The summed E-state index contributed by atoms with van der Waals surface area (Å²) in [6.45, 7) is 7.82. The average Bonchev–Trinajstić information content (AvgIpc) is 3.15. The van der Waals surface area contributed by atoms with Gasteiger partial charge in [-0.15, -0.1) is 10.2 Å². The molecule has 0 radical (unpaired) electrons. The number of anilines is 1. The standard InChI is InChI=1S/C19H27N5O2S/c1-3-9-20-17(25)14-27-19-22-21-18(23-10-12-26-13-11-23)24(19)16-8-6-5-7-15(16)4-2/h5-8H,3-4,9-14H2,1-2H3,(H,20,25). The van der Waals surface area contributed by atoms with Gasteiger partial charge in [0, 0.05) is 19.6 Å². The number of hydrogen-bond acceptors (Lipinski definition) is 6. The molecule has 1 aliphatic rings. The zero-order chi connectivity index (χ0) is 19.1. The van der Waals surface area contributed by atoms with E-state index in [1.165, 1.54) is 17.3 Å². The lowest BCUT2D eigenvalue weighted by Gasteiger charge is -2.28. The summed E-state index contributed by atoms with van der Waals surface area (Å²) in [5.41, 5.74) is 2.30. The predicted octanol–water partition coefficient (Wildman–Crippen LogP) is 2.28. The molecule has 0 spiro atoms. The number of hydrogen-bond donors (Lipinski definition) is 1. The zero-order valence-corrected chi connectivity index (χ0v) is 16.8. The van der Waals surface area contributed by atoms with Crippen LogP contribution in [0.5, 0.6) is 0 Å². The molecule has 8 heteroatoms. The molecule has 1 aromatic heterocycles. The van der Waals surface area contributed by atoms with E-state index < -0.39 is 0 Å². The molecule has 0 saturated carbocycles. The van der Waals surface area contributed by atoms with Gasteiger partial charge in [-0.2, -0.15) is 0 Å². The first-order valence-corrected chi connectivity index (χ1v) is 10.5. The van der Waals surface area contributed by atoms with Gasteiger partial charge in [0.15, 0.2) is 5.16 Å². The molecule has 1 saturated heterocycles. The number of aromatic nitrogens is 3. The van der Waals surface area contributed by atoms with Crippen LogP contribution in [0.1, 0.15) is 25.8 Å². The fourth-order valence-corrected chi connectivity index (χ4v) is 3.78. The minimum Gasteiger partial charge on any atom is -0.378 e. The van der Waals surface area contributed by atoms with E-state index in [1.807, 2.05) is 19.1 Å². The summed E-state index contributed by atoms with van der Waals surface area (Å²) in [5, 5.41) is 12.5. The monoisotopic (exact) mass is 389 g/mol. The third-order valence-electron chi connectivity index (χ3n) is 4.43. The SMILES string of the molecule is CCCNC(=O)CSc1nnc(N2CCOCC2)n1-c1ccccc1CC. The Morgan fingerprint density at radius 1 is 1.22 bits per heavy atom. The Balaban J connectivity index is 1.91. The van der Waals surface area contributed by atoms with Crippen LogP contribution in [0.15, 0.2) is 29.4 Å². The third kappa shape index (κ3) is 4.81. The van der Waals surface area contributed by atoms with Crippen LogP contribution in [-0.2, 0) is 16.0 Å². The number of morpholine rings is 1. The fourth-order valence-electron chi connectivity index (χ4n) is 3.01. The number of aryl methyl sites for hydroxylation is 1. The van der Waals surface area contributed by atoms with E-state index in [2.05, 4.69) is 44.0 Å². The van der Waals surface area contributed by atoms with Crippen LogP contribution in [0.3, 0.4) is 0 Å². The maximum absolute atomic E-state index is 12.0. The number of nitrogens with zero attached hydrogens (tertiary/aromatic N) is 4. The topological polar surface area (TPSA) is 72.3 Å². The largest absolute Gasteiger partial charge is 0.378 e. The van der Waals surface area contributed by atoms with Crippen molar-refractivity contribution in [2.24, 2.45) is 0 Å². The number of thioether (sulfide) groups is 1. The highest BCUT2D eigenvalue weighted by Gasteiger charge is 2.23. The first-order chi connectivity index (χ1) is 13.2. The number of benzene rings is 1. The lowest BCUT2D eigenvalue weighted by atomic mass is 10.1. The molecular weight excluding hydrogens is 362 g/mol. The van der Waals surface area contributed by atoms with Crippen molar-refractivity contribution in [1.29, 1.82) is 0 Å². The second-order valence-corrected chi connectivity index (χ2v) is 7.28. The van der Waals surface area contributed by atoms with Crippen molar-refractivity contribution in [3.63, 3.8) is 0 Å². The molecule has 0 bridgehead atoms. The first-order valence-electron chi connectivity index (χ1n) is 9.50. The molecule has 0 atom stereocenters. The van der Waals surface area contributed by atoms with Crippen molar-refractivity contribution in [2.45, 2.75) is 31.8 Å². The Labute approximate surface area is 164 Å². The van der Waals surface area contributed by atoms with Crippen LogP contribution in [-0.4, -0.2) is 59.3 Å². The lowest BCUT2D eigenvalue weighted by molar-refractivity contribution is -0.118. The smallest absolute Gasteiger partial charge is 0.232 e. The number of carbonyl (C=O) groups excluding carboxylic acids is 1. The van der Waals surface area contributed by atoms with Crippen molar-refractivity contribution >= 4 is 23.6 Å². The van der Waals surface area contributed by atoms with Crippen LogP contribution in [0.2, 0.25) is 0 Å². The molecule has 1 fully saturated rings. The number of amides is 1. The highest BCUT2D eigenvalue weighted by molar-refractivity contribution is 7.99. The third-order valence-corrected chi connectivity index (χ3v) is 5.36. The number of para-hydroxylation sites is 1. The van der Waals surface area contributed by atoms with Crippen molar-refractivity contribution < 1.29 is 9.53 Å².